The fourth-order valence-corrected chi connectivity index (χ4v) is 1.89. The lowest BCUT2D eigenvalue weighted by Gasteiger charge is -2.19. The molecule has 0 spiro atoms. The summed E-state index contributed by atoms with van der Waals surface area (Å²) in [7, 11) is 0. The lowest BCUT2D eigenvalue weighted by Crippen LogP contribution is -2.27. The summed E-state index contributed by atoms with van der Waals surface area (Å²) in [6.45, 7) is 0. The molecule has 2 rings (SSSR count). The molecule has 0 aromatic heterocycles. The molecule has 1 saturated carbocycles. The Morgan fingerprint density at radius 1 is 1.39 bits per heavy atom. The van der Waals surface area contributed by atoms with Gasteiger partial charge in [-0.05, 0) is 30.4 Å². The van der Waals surface area contributed by atoms with E-state index in [0.29, 0.717) is 0 Å². The molecule has 2 atom stereocenters. The number of nitro benzene ring substituents is 1. The van der Waals surface area contributed by atoms with Crippen LogP contribution in [0.2, 0.25) is 0 Å². The van der Waals surface area contributed by atoms with Crippen LogP contribution < -0.4 is 5.73 Å². The van der Waals surface area contributed by atoms with E-state index < -0.39 is 34.3 Å². The summed E-state index contributed by atoms with van der Waals surface area (Å²) in [5.41, 5.74) is 5.41. The van der Waals surface area contributed by atoms with Gasteiger partial charge in [0.2, 0.25) is 5.75 Å². The number of rotatable bonds is 4. The topological polar surface area (TPSA) is 130 Å². The summed E-state index contributed by atoms with van der Waals surface area (Å²) in [6, 6.07) is 1.40. The van der Waals surface area contributed by atoms with E-state index in [-0.39, 0.29) is 11.5 Å². The normalized spacial score (nSPS) is 18.3. The summed E-state index contributed by atoms with van der Waals surface area (Å²) in [5, 5.41) is 39.3. The van der Waals surface area contributed by atoms with E-state index in [9.17, 15) is 25.4 Å². The monoisotopic (exact) mass is 254 g/mol. The van der Waals surface area contributed by atoms with Gasteiger partial charge < -0.3 is 21.1 Å². The number of nitrogens with zero attached hydrogens (tertiary/aromatic N) is 1. The SMILES string of the molecule is N[C@@H](c1cc(O)c(O)c([N+](=O)[O-])c1)[C@H](O)C1CC1. The van der Waals surface area contributed by atoms with Gasteiger partial charge >= 0.3 is 5.69 Å². The van der Waals surface area contributed by atoms with Gasteiger partial charge in [-0.1, -0.05) is 0 Å². The van der Waals surface area contributed by atoms with Crippen LogP contribution in [0.15, 0.2) is 12.1 Å². The van der Waals surface area contributed by atoms with Crippen LogP contribution in [0.4, 0.5) is 5.69 Å². The first-order valence-corrected chi connectivity index (χ1v) is 5.55. The Kier molecular flexibility index (Phi) is 3.10. The van der Waals surface area contributed by atoms with E-state index in [1.165, 1.54) is 0 Å². The molecule has 1 fully saturated rings. The van der Waals surface area contributed by atoms with Crippen molar-refractivity contribution in [2.75, 3.05) is 0 Å². The van der Waals surface area contributed by atoms with Crippen LogP contribution in [0.1, 0.15) is 24.4 Å². The van der Waals surface area contributed by atoms with Crippen LogP contribution in [0.25, 0.3) is 0 Å². The molecule has 1 aliphatic carbocycles. The van der Waals surface area contributed by atoms with Gasteiger partial charge in [-0.2, -0.15) is 0 Å². The first-order valence-electron chi connectivity index (χ1n) is 5.55. The fraction of sp³-hybridized carbons (Fsp3) is 0.455. The highest BCUT2D eigenvalue weighted by Crippen LogP contribution is 2.41. The average Bonchev–Trinajstić information content (AvgIpc) is 3.14. The Bertz CT molecular complexity index is 487. The molecule has 1 aliphatic rings. The molecule has 0 bridgehead atoms. The second-order valence-electron chi connectivity index (χ2n) is 4.52. The number of aliphatic hydroxyl groups excluding tert-OH is 1. The molecular formula is C11H14N2O5. The van der Waals surface area contributed by atoms with Crippen molar-refractivity contribution in [3.8, 4) is 11.5 Å². The predicted octanol–water partition coefficient (Wildman–Crippen LogP) is 0.777. The standard InChI is InChI=1S/C11H14N2O5/c12-9(10(15)5-1-2-5)6-3-7(13(17)18)11(16)8(14)4-6/h3-5,9-10,14-16H,1-2,12H2/t9-,10+/m0/s1. The number of phenols is 2. The lowest BCUT2D eigenvalue weighted by atomic mass is 9.98. The highest BCUT2D eigenvalue weighted by Gasteiger charge is 2.35. The zero-order valence-corrected chi connectivity index (χ0v) is 9.48. The summed E-state index contributed by atoms with van der Waals surface area (Å²) in [4.78, 5) is 9.89. The zero-order chi connectivity index (χ0) is 13.4. The average molecular weight is 254 g/mol. The van der Waals surface area contributed by atoms with E-state index >= 15 is 0 Å². The largest absolute Gasteiger partial charge is 0.504 e. The first kappa shape index (κ1) is 12.6. The second kappa shape index (κ2) is 4.43. The van der Waals surface area contributed by atoms with E-state index in [1.54, 1.807) is 0 Å². The summed E-state index contributed by atoms with van der Waals surface area (Å²) >= 11 is 0. The quantitative estimate of drug-likeness (QED) is 0.357. The maximum Gasteiger partial charge on any atom is 0.314 e. The molecule has 0 saturated heterocycles. The van der Waals surface area contributed by atoms with Crippen LogP contribution in [0.3, 0.4) is 0 Å². The molecule has 7 heteroatoms. The van der Waals surface area contributed by atoms with Gasteiger partial charge in [0, 0.05) is 6.07 Å². The van der Waals surface area contributed by atoms with Gasteiger partial charge in [0.1, 0.15) is 0 Å². The molecule has 7 nitrogen and oxygen atoms in total. The minimum absolute atomic E-state index is 0.106. The van der Waals surface area contributed by atoms with Crippen LogP contribution >= 0.6 is 0 Å². The Morgan fingerprint density at radius 2 is 2.00 bits per heavy atom. The van der Waals surface area contributed by atoms with Crippen molar-refractivity contribution in [1.29, 1.82) is 0 Å². The molecule has 0 radical (unpaired) electrons. The third kappa shape index (κ3) is 2.22. The molecule has 98 valence electrons. The number of nitrogens with two attached hydrogens (primary N) is 1. The number of aliphatic hydroxyl groups is 1. The Hall–Kier alpha value is -1.86. The molecule has 0 amide bonds. The summed E-state index contributed by atoms with van der Waals surface area (Å²) in [6.07, 6.45) is 0.954. The Balaban J connectivity index is 2.35. The van der Waals surface area contributed by atoms with E-state index in [4.69, 9.17) is 5.73 Å². The number of aromatic hydroxyl groups is 2. The molecular weight excluding hydrogens is 240 g/mol. The fourth-order valence-electron chi connectivity index (χ4n) is 1.89. The third-order valence-corrected chi connectivity index (χ3v) is 3.15. The van der Waals surface area contributed by atoms with Crippen LogP contribution in [0, 0.1) is 16.0 Å². The van der Waals surface area contributed by atoms with Gasteiger partial charge in [-0.25, -0.2) is 0 Å². The van der Waals surface area contributed by atoms with Crippen molar-refractivity contribution in [3.63, 3.8) is 0 Å². The van der Waals surface area contributed by atoms with Gasteiger partial charge in [-0.3, -0.25) is 10.1 Å². The minimum Gasteiger partial charge on any atom is -0.504 e. The van der Waals surface area contributed by atoms with Crippen molar-refractivity contribution in [2.45, 2.75) is 25.0 Å². The zero-order valence-electron chi connectivity index (χ0n) is 9.48. The van der Waals surface area contributed by atoms with Crippen molar-refractivity contribution in [1.82, 2.24) is 0 Å². The molecule has 5 N–H and O–H groups in total. The maximum atomic E-state index is 10.7. The van der Waals surface area contributed by atoms with Gasteiger partial charge in [-0.15, -0.1) is 0 Å². The molecule has 0 aliphatic heterocycles. The van der Waals surface area contributed by atoms with Crippen LogP contribution in [0.5, 0.6) is 11.5 Å². The minimum atomic E-state index is -0.817. The highest BCUT2D eigenvalue weighted by atomic mass is 16.6. The predicted molar refractivity (Wildman–Crippen MR) is 62.1 cm³/mol. The van der Waals surface area contributed by atoms with E-state index in [0.717, 1.165) is 25.0 Å². The first-order chi connectivity index (χ1) is 8.41. The van der Waals surface area contributed by atoms with Gasteiger partial charge in [0.15, 0.2) is 5.75 Å². The van der Waals surface area contributed by atoms with Crippen molar-refractivity contribution < 1.29 is 20.2 Å². The van der Waals surface area contributed by atoms with Crippen molar-refractivity contribution >= 4 is 5.69 Å². The smallest absolute Gasteiger partial charge is 0.314 e. The molecule has 0 heterocycles. The molecule has 1 aromatic carbocycles. The number of hydrogen-bond acceptors (Lipinski definition) is 6. The maximum absolute atomic E-state index is 10.7. The number of hydrogen-bond donors (Lipinski definition) is 4. The lowest BCUT2D eigenvalue weighted by molar-refractivity contribution is -0.386. The summed E-state index contributed by atoms with van der Waals surface area (Å²) in [5.74, 6) is -1.30. The van der Waals surface area contributed by atoms with Crippen LogP contribution in [-0.4, -0.2) is 26.3 Å². The molecule has 0 unspecified atom stereocenters. The van der Waals surface area contributed by atoms with Crippen molar-refractivity contribution in [3.05, 3.63) is 27.8 Å². The Morgan fingerprint density at radius 3 is 2.50 bits per heavy atom. The van der Waals surface area contributed by atoms with Gasteiger partial charge in [0.05, 0.1) is 17.1 Å². The highest BCUT2D eigenvalue weighted by molar-refractivity contribution is 5.57. The van der Waals surface area contributed by atoms with E-state index in [2.05, 4.69) is 0 Å². The second-order valence-corrected chi connectivity index (χ2v) is 4.52. The number of phenolic OH excluding ortho intramolecular Hbond substituents is 2. The number of benzene rings is 1. The number of nitro groups is 1. The van der Waals surface area contributed by atoms with Gasteiger partial charge in [0.25, 0.3) is 0 Å². The summed E-state index contributed by atoms with van der Waals surface area (Å²) < 4.78 is 0. The van der Waals surface area contributed by atoms with E-state index in [1.807, 2.05) is 0 Å². The molecule has 18 heavy (non-hydrogen) atoms. The molecule has 1 aromatic rings. The van der Waals surface area contributed by atoms with Crippen LogP contribution in [-0.2, 0) is 0 Å². The Labute approximate surface area is 103 Å². The third-order valence-electron chi connectivity index (χ3n) is 3.15. The van der Waals surface area contributed by atoms with Crippen molar-refractivity contribution in [2.24, 2.45) is 11.7 Å².